The Morgan fingerprint density at radius 3 is 3.05 bits per heavy atom. The van der Waals surface area contributed by atoms with E-state index in [4.69, 9.17) is 0 Å². The minimum Gasteiger partial charge on any atom is -0.348 e. The highest BCUT2D eigenvalue weighted by molar-refractivity contribution is 8.00. The molecule has 0 fully saturated rings. The molecule has 116 valence electrons. The van der Waals surface area contributed by atoms with Crippen LogP contribution < -0.4 is 5.32 Å². The topological polar surface area (TPSA) is 59.8 Å². The lowest BCUT2D eigenvalue weighted by molar-refractivity contribution is -0.121. The van der Waals surface area contributed by atoms with Crippen molar-refractivity contribution in [2.75, 3.05) is 0 Å². The Balaban J connectivity index is 1.66. The fraction of sp³-hybridized carbons (Fsp3) is 0.438. The van der Waals surface area contributed by atoms with Gasteiger partial charge in [0.1, 0.15) is 6.33 Å². The van der Waals surface area contributed by atoms with Crippen molar-refractivity contribution >= 4 is 17.7 Å². The van der Waals surface area contributed by atoms with Gasteiger partial charge < -0.3 is 9.88 Å². The molecule has 0 unspecified atom stereocenters. The number of hydrogen-bond donors (Lipinski definition) is 1. The van der Waals surface area contributed by atoms with Gasteiger partial charge in [0.15, 0.2) is 5.16 Å². The van der Waals surface area contributed by atoms with E-state index < -0.39 is 0 Å². The monoisotopic (exact) mass is 316 g/mol. The van der Waals surface area contributed by atoms with Gasteiger partial charge in [-0.25, -0.2) is 0 Å². The van der Waals surface area contributed by atoms with Crippen LogP contribution in [0.1, 0.15) is 36.9 Å². The van der Waals surface area contributed by atoms with Crippen LogP contribution in [0.15, 0.2) is 35.7 Å². The van der Waals surface area contributed by atoms with Gasteiger partial charge in [0, 0.05) is 7.05 Å². The van der Waals surface area contributed by atoms with Crippen LogP contribution in [0.2, 0.25) is 0 Å². The summed E-state index contributed by atoms with van der Waals surface area (Å²) in [7, 11) is 1.88. The largest absolute Gasteiger partial charge is 0.348 e. The van der Waals surface area contributed by atoms with E-state index >= 15 is 0 Å². The van der Waals surface area contributed by atoms with Gasteiger partial charge in [-0.05, 0) is 37.3 Å². The molecule has 1 aliphatic carbocycles. The molecule has 2 aromatic rings. The van der Waals surface area contributed by atoms with Crippen LogP contribution >= 0.6 is 11.8 Å². The maximum Gasteiger partial charge on any atom is 0.233 e. The molecule has 0 saturated heterocycles. The number of hydrogen-bond acceptors (Lipinski definition) is 4. The zero-order chi connectivity index (χ0) is 15.5. The Morgan fingerprint density at radius 1 is 1.45 bits per heavy atom. The van der Waals surface area contributed by atoms with Crippen LogP contribution in [0.4, 0.5) is 0 Å². The zero-order valence-electron chi connectivity index (χ0n) is 12.8. The highest BCUT2D eigenvalue weighted by Gasteiger charge is 2.24. The van der Waals surface area contributed by atoms with E-state index in [1.54, 1.807) is 6.33 Å². The second-order valence-corrected chi connectivity index (χ2v) is 6.94. The summed E-state index contributed by atoms with van der Waals surface area (Å²) in [6.45, 7) is 1.91. The Hall–Kier alpha value is -1.82. The SMILES string of the molecule is C[C@@H](Sc1nncn1C)C(=O)N[C@@H]1CCCc2ccccc21. The second-order valence-electron chi connectivity index (χ2n) is 5.64. The number of fused-ring (bicyclic) bond motifs is 1. The average molecular weight is 316 g/mol. The zero-order valence-corrected chi connectivity index (χ0v) is 13.6. The summed E-state index contributed by atoms with van der Waals surface area (Å²) < 4.78 is 1.82. The molecule has 2 atom stereocenters. The lowest BCUT2D eigenvalue weighted by Crippen LogP contribution is -2.36. The van der Waals surface area contributed by atoms with Crippen molar-refractivity contribution in [1.29, 1.82) is 0 Å². The number of benzene rings is 1. The van der Waals surface area contributed by atoms with Gasteiger partial charge in [0.2, 0.25) is 5.91 Å². The first kappa shape index (κ1) is 15.1. The fourth-order valence-corrected chi connectivity index (χ4v) is 3.58. The molecule has 0 spiro atoms. The third-order valence-corrected chi connectivity index (χ3v) is 5.16. The van der Waals surface area contributed by atoms with Crippen molar-refractivity contribution in [3.63, 3.8) is 0 Å². The highest BCUT2D eigenvalue weighted by atomic mass is 32.2. The van der Waals surface area contributed by atoms with Crippen molar-refractivity contribution in [2.45, 2.75) is 42.6 Å². The molecule has 1 heterocycles. The van der Waals surface area contributed by atoms with Gasteiger partial charge in [-0.3, -0.25) is 4.79 Å². The van der Waals surface area contributed by atoms with Gasteiger partial charge in [-0.1, -0.05) is 36.0 Å². The number of amides is 1. The molecule has 22 heavy (non-hydrogen) atoms. The first-order chi connectivity index (χ1) is 10.6. The average Bonchev–Trinajstić information content (AvgIpc) is 2.93. The van der Waals surface area contributed by atoms with Crippen LogP contribution in [0, 0.1) is 0 Å². The Morgan fingerprint density at radius 2 is 2.27 bits per heavy atom. The fourth-order valence-electron chi connectivity index (χ4n) is 2.78. The molecule has 1 amide bonds. The standard InChI is InChI=1S/C16H20N4OS/c1-11(22-16-19-17-10-20(16)2)15(21)18-14-9-5-7-12-6-3-4-8-13(12)14/h3-4,6,8,10-11,14H,5,7,9H2,1-2H3,(H,18,21)/t11-,14-/m1/s1. The second kappa shape index (κ2) is 6.52. The molecule has 0 saturated carbocycles. The lowest BCUT2D eigenvalue weighted by Gasteiger charge is -2.27. The van der Waals surface area contributed by atoms with Gasteiger partial charge in [0.05, 0.1) is 11.3 Å². The normalized spacial score (nSPS) is 18.5. The quantitative estimate of drug-likeness (QED) is 0.881. The van der Waals surface area contributed by atoms with E-state index in [0.717, 1.165) is 24.4 Å². The van der Waals surface area contributed by atoms with Crippen LogP contribution in [0.25, 0.3) is 0 Å². The number of nitrogens with zero attached hydrogens (tertiary/aromatic N) is 3. The molecule has 0 radical (unpaired) electrons. The molecular formula is C16H20N4OS. The summed E-state index contributed by atoms with van der Waals surface area (Å²) >= 11 is 1.43. The Labute approximate surface area is 134 Å². The predicted molar refractivity (Wildman–Crippen MR) is 86.6 cm³/mol. The molecule has 0 aliphatic heterocycles. The molecule has 1 N–H and O–H groups in total. The number of aryl methyl sites for hydroxylation is 2. The van der Waals surface area contributed by atoms with Gasteiger partial charge in [-0.15, -0.1) is 10.2 Å². The van der Waals surface area contributed by atoms with E-state index in [1.165, 1.54) is 22.9 Å². The third kappa shape index (κ3) is 3.16. The summed E-state index contributed by atoms with van der Waals surface area (Å²) in [6, 6.07) is 8.52. The van der Waals surface area contributed by atoms with Crippen LogP contribution in [0.5, 0.6) is 0 Å². The minimum absolute atomic E-state index is 0.0507. The molecule has 3 rings (SSSR count). The van der Waals surface area contributed by atoms with Crippen molar-refractivity contribution in [3.05, 3.63) is 41.7 Å². The number of aromatic nitrogens is 3. The highest BCUT2D eigenvalue weighted by Crippen LogP contribution is 2.30. The number of thioether (sulfide) groups is 1. The Kier molecular flexibility index (Phi) is 4.47. The van der Waals surface area contributed by atoms with Crippen LogP contribution in [0.3, 0.4) is 0 Å². The van der Waals surface area contributed by atoms with E-state index in [2.05, 4.69) is 33.7 Å². The smallest absolute Gasteiger partial charge is 0.233 e. The molecule has 5 nitrogen and oxygen atoms in total. The van der Waals surface area contributed by atoms with Crippen molar-refractivity contribution in [1.82, 2.24) is 20.1 Å². The molecular weight excluding hydrogens is 296 g/mol. The number of carbonyl (C=O) groups excluding carboxylic acids is 1. The van der Waals surface area contributed by atoms with E-state index in [-0.39, 0.29) is 17.2 Å². The third-order valence-electron chi connectivity index (χ3n) is 4.01. The molecule has 1 aliphatic rings. The van der Waals surface area contributed by atoms with Crippen molar-refractivity contribution < 1.29 is 4.79 Å². The predicted octanol–water partition coefficient (Wildman–Crippen LogP) is 2.49. The lowest BCUT2D eigenvalue weighted by atomic mass is 9.88. The van der Waals surface area contributed by atoms with Crippen LogP contribution in [-0.2, 0) is 18.3 Å². The summed E-state index contributed by atoms with van der Waals surface area (Å²) in [6.07, 6.45) is 4.87. The first-order valence-corrected chi connectivity index (χ1v) is 8.42. The van der Waals surface area contributed by atoms with E-state index in [9.17, 15) is 4.79 Å². The van der Waals surface area contributed by atoms with Gasteiger partial charge in [0.25, 0.3) is 0 Å². The van der Waals surface area contributed by atoms with Crippen LogP contribution in [-0.4, -0.2) is 25.9 Å². The van der Waals surface area contributed by atoms with Crippen molar-refractivity contribution in [3.8, 4) is 0 Å². The summed E-state index contributed by atoms with van der Waals surface area (Å²) in [5.74, 6) is 0.0507. The maximum absolute atomic E-state index is 12.5. The summed E-state index contributed by atoms with van der Waals surface area (Å²) in [5, 5.41) is 11.6. The minimum atomic E-state index is -0.197. The molecule has 0 bridgehead atoms. The molecule has 1 aromatic carbocycles. The summed E-state index contributed by atoms with van der Waals surface area (Å²) in [5.41, 5.74) is 2.62. The number of nitrogens with one attached hydrogen (secondary N) is 1. The van der Waals surface area contributed by atoms with Gasteiger partial charge in [-0.2, -0.15) is 0 Å². The van der Waals surface area contributed by atoms with Crippen molar-refractivity contribution in [2.24, 2.45) is 7.05 Å². The van der Waals surface area contributed by atoms with E-state index in [1.807, 2.05) is 24.6 Å². The Bertz CT molecular complexity index is 670. The number of rotatable bonds is 4. The molecule has 6 heteroatoms. The molecule has 1 aromatic heterocycles. The summed E-state index contributed by atoms with van der Waals surface area (Å²) in [4.78, 5) is 12.5. The first-order valence-electron chi connectivity index (χ1n) is 7.54. The van der Waals surface area contributed by atoms with Gasteiger partial charge >= 0.3 is 0 Å². The number of carbonyl (C=O) groups is 1. The maximum atomic E-state index is 12.5. The van der Waals surface area contributed by atoms with E-state index in [0.29, 0.717) is 0 Å².